The predicted octanol–water partition coefficient (Wildman–Crippen LogP) is -0.973. The van der Waals surface area contributed by atoms with Crippen LogP contribution in [0.5, 0.6) is 0 Å². The van der Waals surface area contributed by atoms with Crippen molar-refractivity contribution in [2.24, 2.45) is 5.92 Å². The van der Waals surface area contributed by atoms with Gasteiger partial charge in [-0.25, -0.2) is 0 Å². The van der Waals surface area contributed by atoms with Gasteiger partial charge in [-0.2, -0.15) is 0 Å². The molecule has 0 spiro atoms. The lowest BCUT2D eigenvalue weighted by Crippen LogP contribution is -2.19. The van der Waals surface area contributed by atoms with Crippen LogP contribution in [0.2, 0.25) is 6.32 Å². The van der Waals surface area contributed by atoms with Gasteiger partial charge < -0.3 is 10.2 Å². The molecule has 0 saturated heterocycles. The molecule has 0 aliphatic heterocycles. The minimum absolute atomic E-state index is 0.0648. The van der Waals surface area contributed by atoms with Crippen molar-refractivity contribution in [1.29, 1.82) is 0 Å². The molecule has 0 aromatic carbocycles. The van der Waals surface area contributed by atoms with E-state index >= 15 is 0 Å². The van der Waals surface area contributed by atoms with E-state index in [9.17, 15) is 0 Å². The fourth-order valence-electron chi connectivity index (χ4n) is 0.623. The second-order valence-electron chi connectivity index (χ2n) is 2.09. The summed E-state index contributed by atoms with van der Waals surface area (Å²) in [6.07, 6.45) is 0.471. The van der Waals surface area contributed by atoms with Gasteiger partial charge in [0.05, 0.1) is 6.10 Å². The summed E-state index contributed by atoms with van der Waals surface area (Å²) >= 11 is 0. The van der Waals surface area contributed by atoms with E-state index in [1.165, 1.54) is 0 Å². The van der Waals surface area contributed by atoms with E-state index in [1.54, 1.807) is 6.92 Å². The highest BCUT2D eigenvalue weighted by Gasteiger charge is 2.09. The van der Waals surface area contributed by atoms with Crippen LogP contribution in [-0.2, 0) is 0 Å². The first-order valence-corrected chi connectivity index (χ1v) is 3.01. The van der Waals surface area contributed by atoms with Gasteiger partial charge in [-0.15, -0.1) is 0 Å². The highest BCUT2D eigenvalue weighted by Crippen LogP contribution is 2.04. The van der Waals surface area contributed by atoms with Gasteiger partial charge in [0.1, 0.15) is 7.85 Å². The number of rotatable bonds is 3. The molecule has 0 amide bonds. The molecule has 0 fully saturated rings. The molecule has 0 aromatic heterocycles. The van der Waals surface area contributed by atoms with E-state index in [4.69, 9.17) is 10.2 Å². The summed E-state index contributed by atoms with van der Waals surface area (Å²) in [6, 6.07) is 0. The Balaban J connectivity index is 3.35. The molecular weight excluding hydrogens is 103 g/mol. The van der Waals surface area contributed by atoms with Crippen LogP contribution in [0.1, 0.15) is 6.92 Å². The molecular formula is C5H13BO2. The summed E-state index contributed by atoms with van der Waals surface area (Å²) in [5.41, 5.74) is 0. The van der Waals surface area contributed by atoms with E-state index in [0.717, 1.165) is 6.32 Å². The molecule has 0 aliphatic carbocycles. The van der Waals surface area contributed by atoms with Gasteiger partial charge in [0.2, 0.25) is 0 Å². The molecule has 0 rings (SSSR count). The highest BCUT2D eigenvalue weighted by atomic mass is 16.3. The first-order valence-electron chi connectivity index (χ1n) is 3.01. The third-order valence-corrected chi connectivity index (χ3v) is 1.44. The van der Waals surface area contributed by atoms with E-state index < -0.39 is 0 Å². The Morgan fingerprint density at radius 3 is 2.12 bits per heavy atom. The molecule has 0 radical (unpaired) electrons. The zero-order chi connectivity index (χ0) is 6.57. The Morgan fingerprint density at radius 2 is 2.12 bits per heavy atom. The van der Waals surface area contributed by atoms with Crippen LogP contribution < -0.4 is 0 Å². The standard InChI is InChI=1S/C5H13BO2/c1-4(8)5(2-6)3-7/h4-5,7-8H,2-3,6H2,1H3/t4-,5-/m1/s1. The molecule has 0 bridgehead atoms. The SMILES string of the molecule is BC[C@H](CO)[C@@H](C)O. The Kier molecular flexibility index (Phi) is 3.92. The van der Waals surface area contributed by atoms with E-state index in [1.807, 2.05) is 7.85 Å². The normalized spacial score (nSPS) is 17.9. The average Bonchev–Trinajstić information content (AvgIpc) is 1.69. The largest absolute Gasteiger partial charge is 0.396 e. The summed E-state index contributed by atoms with van der Waals surface area (Å²) < 4.78 is 0. The summed E-state index contributed by atoms with van der Waals surface area (Å²) in [7, 11) is 1.95. The minimum atomic E-state index is -0.370. The number of hydrogen-bond donors (Lipinski definition) is 2. The molecule has 3 heteroatoms. The van der Waals surface area contributed by atoms with Crippen LogP contribution in [-0.4, -0.2) is 30.8 Å². The van der Waals surface area contributed by atoms with Gasteiger partial charge in [0.25, 0.3) is 0 Å². The molecule has 2 nitrogen and oxygen atoms in total. The molecule has 2 atom stereocenters. The topological polar surface area (TPSA) is 40.5 Å². The maximum absolute atomic E-state index is 8.85. The molecule has 0 heterocycles. The molecule has 0 aromatic rings. The zero-order valence-corrected chi connectivity index (χ0v) is 5.46. The van der Waals surface area contributed by atoms with E-state index in [0.29, 0.717) is 0 Å². The van der Waals surface area contributed by atoms with Gasteiger partial charge in [0.15, 0.2) is 0 Å². The summed E-state index contributed by atoms with van der Waals surface area (Å²) in [4.78, 5) is 0. The molecule has 0 aliphatic rings. The lowest BCUT2D eigenvalue weighted by Gasteiger charge is -2.13. The quantitative estimate of drug-likeness (QED) is 0.465. The Morgan fingerprint density at radius 1 is 1.62 bits per heavy atom. The Bertz CT molecular complexity index is 52.4. The van der Waals surface area contributed by atoms with Gasteiger partial charge in [-0.05, 0) is 6.92 Å². The summed E-state index contributed by atoms with van der Waals surface area (Å²) in [5, 5.41) is 17.4. The van der Waals surface area contributed by atoms with Gasteiger partial charge in [0, 0.05) is 12.5 Å². The van der Waals surface area contributed by atoms with Crippen molar-refractivity contribution in [3.05, 3.63) is 0 Å². The smallest absolute Gasteiger partial charge is 0.101 e. The van der Waals surface area contributed by atoms with Crippen LogP contribution in [0.25, 0.3) is 0 Å². The van der Waals surface area contributed by atoms with E-state index in [-0.39, 0.29) is 18.6 Å². The van der Waals surface area contributed by atoms with Gasteiger partial charge in [-0.1, -0.05) is 6.32 Å². The third-order valence-electron chi connectivity index (χ3n) is 1.44. The first kappa shape index (κ1) is 7.98. The maximum Gasteiger partial charge on any atom is 0.101 e. The molecule has 48 valence electrons. The Labute approximate surface area is 50.9 Å². The number of hydrogen-bond acceptors (Lipinski definition) is 2. The van der Waals surface area contributed by atoms with Crippen molar-refractivity contribution in [2.45, 2.75) is 19.3 Å². The maximum atomic E-state index is 8.85. The molecule has 2 N–H and O–H groups in total. The fraction of sp³-hybridized carbons (Fsp3) is 1.00. The molecule has 0 unspecified atom stereocenters. The monoisotopic (exact) mass is 116 g/mol. The fourth-order valence-corrected chi connectivity index (χ4v) is 0.623. The highest BCUT2D eigenvalue weighted by molar-refractivity contribution is 6.08. The second kappa shape index (κ2) is 3.92. The van der Waals surface area contributed by atoms with Crippen molar-refractivity contribution in [3.63, 3.8) is 0 Å². The molecule has 8 heavy (non-hydrogen) atoms. The van der Waals surface area contributed by atoms with Gasteiger partial charge in [-0.3, -0.25) is 0 Å². The summed E-state index contributed by atoms with van der Waals surface area (Å²) in [6.45, 7) is 1.79. The summed E-state index contributed by atoms with van der Waals surface area (Å²) in [5.74, 6) is 0.0648. The van der Waals surface area contributed by atoms with Crippen molar-refractivity contribution < 1.29 is 10.2 Å². The Hall–Kier alpha value is -0.0151. The average molecular weight is 116 g/mol. The van der Waals surface area contributed by atoms with Crippen molar-refractivity contribution in [3.8, 4) is 0 Å². The lowest BCUT2D eigenvalue weighted by atomic mass is 9.88. The third kappa shape index (κ3) is 2.33. The first-order chi connectivity index (χ1) is 3.72. The molecule has 0 saturated carbocycles. The zero-order valence-electron chi connectivity index (χ0n) is 5.46. The second-order valence-corrected chi connectivity index (χ2v) is 2.09. The van der Waals surface area contributed by atoms with Crippen LogP contribution in [0.3, 0.4) is 0 Å². The van der Waals surface area contributed by atoms with Crippen LogP contribution in [0.15, 0.2) is 0 Å². The van der Waals surface area contributed by atoms with Crippen LogP contribution in [0, 0.1) is 5.92 Å². The minimum Gasteiger partial charge on any atom is -0.396 e. The van der Waals surface area contributed by atoms with Crippen LogP contribution >= 0.6 is 0 Å². The van der Waals surface area contributed by atoms with Crippen molar-refractivity contribution >= 4 is 7.85 Å². The van der Waals surface area contributed by atoms with Crippen molar-refractivity contribution in [2.75, 3.05) is 6.61 Å². The lowest BCUT2D eigenvalue weighted by molar-refractivity contribution is 0.0917. The number of aliphatic hydroxyl groups excluding tert-OH is 2. The van der Waals surface area contributed by atoms with E-state index in [2.05, 4.69) is 0 Å². The predicted molar refractivity (Wildman–Crippen MR) is 35.6 cm³/mol. The van der Waals surface area contributed by atoms with Crippen LogP contribution in [0.4, 0.5) is 0 Å². The van der Waals surface area contributed by atoms with Crippen molar-refractivity contribution in [1.82, 2.24) is 0 Å². The number of aliphatic hydroxyl groups is 2. The van der Waals surface area contributed by atoms with Gasteiger partial charge >= 0.3 is 0 Å².